The number of hydrogen-bond donors (Lipinski definition) is 3. The fourth-order valence-corrected chi connectivity index (χ4v) is 5.55. The number of unbranched alkanes of at least 4 members (excludes halogenated alkanes) is 1. The van der Waals surface area contributed by atoms with Crippen LogP contribution in [0.2, 0.25) is 0 Å². The summed E-state index contributed by atoms with van der Waals surface area (Å²) in [6.45, 7) is 10.4. The van der Waals surface area contributed by atoms with Crippen LogP contribution < -0.4 is 10.8 Å². The van der Waals surface area contributed by atoms with Gasteiger partial charge in [0.25, 0.3) is 5.91 Å². The van der Waals surface area contributed by atoms with Crippen LogP contribution >= 0.6 is 0 Å². The number of hydrogen-bond acceptors (Lipinski definition) is 7. The summed E-state index contributed by atoms with van der Waals surface area (Å²) in [5.74, 6) is 0.532. The Bertz CT molecular complexity index is 1240. The molecule has 0 fully saturated rings. The summed E-state index contributed by atoms with van der Waals surface area (Å²) in [4.78, 5) is 23.1. The highest BCUT2D eigenvalue weighted by atomic mass is 16.5. The largest absolute Gasteiger partial charge is 0.503 e. The van der Waals surface area contributed by atoms with E-state index < -0.39 is 17.3 Å². The van der Waals surface area contributed by atoms with Crippen molar-refractivity contribution in [2.75, 3.05) is 7.05 Å². The number of aryl methyl sites for hydroxylation is 2. The fourth-order valence-electron chi connectivity index (χ4n) is 5.55. The van der Waals surface area contributed by atoms with Gasteiger partial charge in [-0.3, -0.25) is 10.0 Å². The van der Waals surface area contributed by atoms with E-state index in [1.807, 2.05) is 32.2 Å². The van der Waals surface area contributed by atoms with Crippen molar-refractivity contribution in [2.45, 2.75) is 90.6 Å². The topological polar surface area (TPSA) is 121 Å². The Labute approximate surface area is 238 Å². The van der Waals surface area contributed by atoms with Crippen LogP contribution in [0, 0.1) is 16.7 Å². The van der Waals surface area contributed by atoms with Gasteiger partial charge >= 0.3 is 0 Å². The number of nitrogens with one attached hydrogen (secondary N) is 2. The first-order valence-electron chi connectivity index (χ1n) is 13.9. The zero-order valence-electron chi connectivity index (χ0n) is 24.5. The van der Waals surface area contributed by atoms with Gasteiger partial charge in [-0.2, -0.15) is 5.26 Å². The minimum absolute atomic E-state index is 0.139. The molecule has 1 amide bonds. The Hall–Kier alpha value is -3.35. The molecule has 0 aromatic heterocycles. The number of nitrogens with zero attached hydrogens (tertiary/aromatic N) is 1. The Morgan fingerprint density at radius 3 is 2.73 bits per heavy atom. The number of aldehydes is 1. The van der Waals surface area contributed by atoms with Gasteiger partial charge in [-0.25, -0.2) is 5.48 Å². The minimum Gasteiger partial charge on any atom is -0.503 e. The number of amides is 1. The van der Waals surface area contributed by atoms with Crippen molar-refractivity contribution < 1.29 is 24.3 Å². The average molecular weight is 546 g/mol. The van der Waals surface area contributed by atoms with E-state index in [0.29, 0.717) is 37.0 Å². The summed E-state index contributed by atoms with van der Waals surface area (Å²) in [7, 11) is 3.51. The third-order valence-corrected chi connectivity index (χ3v) is 7.65. The van der Waals surface area contributed by atoms with Crippen LogP contribution in [-0.2, 0) is 37.3 Å². The molecule has 1 aliphatic carbocycles. The summed E-state index contributed by atoms with van der Waals surface area (Å²) in [6, 6.07) is 7.91. The van der Waals surface area contributed by atoms with E-state index in [0.717, 1.165) is 41.6 Å². The number of carbonyl (C=O) groups excluding carboxylic acids is 2. The first-order chi connectivity index (χ1) is 19.1. The maximum Gasteiger partial charge on any atom is 0.264 e. The predicted molar refractivity (Wildman–Crippen MR) is 154 cm³/mol. The molecule has 3 N–H and O–H groups in total. The van der Waals surface area contributed by atoms with Crippen LogP contribution in [-0.4, -0.2) is 43.8 Å². The van der Waals surface area contributed by atoms with Crippen molar-refractivity contribution in [3.05, 3.63) is 69.8 Å². The minimum atomic E-state index is -1.10. The normalized spacial score (nSPS) is 21.7. The SMILES string of the molecule is CCC/C=C(/O/C(=C(\C)C1[B]C(C(=O)NO)=CO1)C1(C#N)CCc2ccc(CCC=O)cc21)C(NC)C(C)(C)C. The highest BCUT2D eigenvalue weighted by molar-refractivity contribution is 6.56. The van der Waals surface area contributed by atoms with Gasteiger partial charge in [0, 0.05) is 11.9 Å². The van der Waals surface area contributed by atoms with Gasteiger partial charge in [0.15, 0.2) is 0 Å². The summed E-state index contributed by atoms with van der Waals surface area (Å²) in [5.41, 5.74) is 4.13. The quantitative estimate of drug-likeness (QED) is 0.116. The lowest BCUT2D eigenvalue weighted by molar-refractivity contribution is -0.124. The Kier molecular flexibility index (Phi) is 10.4. The summed E-state index contributed by atoms with van der Waals surface area (Å²) < 4.78 is 12.8. The van der Waals surface area contributed by atoms with E-state index in [4.69, 9.17) is 14.7 Å². The number of nitriles is 1. The molecule has 9 heteroatoms. The molecule has 1 heterocycles. The molecule has 1 aromatic rings. The van der Waals surface area contributed by atoms with Crippen molar-refractivity contribution in [1.29, 1.82) is 5.26 Å². The second-order valence-corrected chi connectivity index (χ2v) is 11.5. The van der Waals surface area contributed by atoms with Crippen molar-refractivity contribution in [3.63, 3.8) is 0 Å². The van der Waals surface area contributed by atoms with Crippen LogP contribution in [0.25, 0.3) is 0 Å². The van der Waals surface area contributed by atoms with E-state index >= 15 is 0 Å². The standard InChI is InChI=1S/C31H41BN3O5/c1-7-8-11-25(26(34-6)30(3,4)5)40-27(20(2)28-32-24(18-39-28)29(37)35-38)31(19-33)15-14-22-13-12-21(10-9-16-36)17-23(22)31/h11-13,16-18,26,28,34,38H,7-10,14-15H2,1-6H3,(H,35,37)/b25-11+,27-20+. The van der Waals surface area contributed by atoms with Crippen LogP contribution in [0.3, 0.4) is 0 Å². The van der Waals surface area contributed by atoms with E-state index in [-0.39, 0.29) is 16.9 Å². The second kappa shape index (κ2) is 13.3. The predicted octanol–water partition coefficient (Wildman–Crippen LogP) is 4.54. The molecule has 0 saturated heterocycles. The number of ether oxygens (including phenoxy) is 2. The lowest BCUT2D eigenvalue weighted by Crippen LogP contribution is -2.41. The third kappa shape index (κ3) is 6.51. The highest BCUT2D eigenvalue weighted by Gasteiger charge is 2.47. The van der Waals surface area contributed by atoms with E-state index in [9.17, 15) is 14.9 Å². The van der Waals surface area contributed by atoms with Crippen molar-refractivity contribution >= 4 is 19.5 Å². The van der Waals surface area contributed by atoms with Crippen LogP contribution in [0.4, 0.5) is 0 Å². The average Bonchev–Trinajstić information content (AvgIpc) is 3.57. The highest BCUT2D eigenvalue weighted by Crippen LogP contribution is 2.48. The molecule has 3 atom stereocenters. The van der Waals surface area contributed by atoms with Gasteiger partial charge in [0.1, 0.15) is 23.2 Å². The van der Waals surface area contributed by atoms with Gasteiger partial charge in [-0.15, -0.1) is 0 Å². The second-order valence-electron chi connectivity index (χ2n) is 11.5. The Morgan fingerprint density at radius 2 is 2.12 bits per heavy atom. The molecule has 2 aliphatic rings. The van der Waals surface area contributed by atoms with E-state index in [1.54, 1.807) is 12.8 Å². The molecular formula is C31H41BN3O5. The Morgan fingerprint density at radius 1 is 1.38 bits per heavy atom. The number of rotatable bonds is 12. The third-order valence-electron chi connectivity index (χ3n) is 7.65. The molecule has 213 valence electrons. The van der Waals surface area contributed by atoms with Crippen molar-refractivity contribution in [1.82, 2.24) is 10.8 Å². The first-order valence-corrected chi connectivity index (χ1v) is 13.9. The number of fused-ring (bicyclic) bond motifs is 1. The number of benzene rings is 1. The number of likely N-dealkylation sites (N-methyl/N-ethyl adjacent to an activating group) is 1. The molecule has 0 spiro atoms. The molecule has 3 rings (SSSR count). The molecule has 1 aromatic carbocycles. The molecule has 3 unspecified atom stereocenters. The summed E-state index contributed by atoms with van der Waals surface area (Å²) >= 11 is 0. The van der Waals surface area contributed by atoms with Gasteiger partial charge in [0.05, 0.1) is 24.4 Å². The lowest BCUT2D eigenvalue weighted by Gasteiger charge is -2.36. The molecule has 0 saturated carbocycles. The molecular weight excluding hydrogens is 505 g/mol. The number of allylic oxidation sites excluding steroid dienone is 2. The fraction of sp³-hybridized carbons (Fsp3) is 0.516. The van der Waals surface area contributed by atoms with Gasteiger partial charge < -0.3 is 19.6 Å². The van der Waals surface area contributed by atoms with Crippen LogP contribution in [0.5, 0.6) is 0 Å². The number of hydroxylamine groups is 1. The molecule has 1 aliphatic heterocycles. The van der Waals surface area contributed by atoms with E-state index in [1.165, 1.54) is 6.26 Å². The van der Waals surface area contributed by atoms with Gasteiger partial charge in [-0.1, -0.05) is 52.3 Å². The number of carbonyl (C=O) groups is 2. The maximum atomic E-state index is 12.1. The van der Waals surface area contributed by atoms with Crippen LogP contribution in [0.15, 0.2) is 53.1 Å². The lowest BCUT2D eigenvalue weighted by atomic mass is 9.62. The zero-order chi connectivity index (χ0) is 29.5. The summed E-state index contributed by atoms with van der Waals surface area (Å²) in [5, 5.41) is 23.4. The molecule has 0 bridgehead atoms. The van der Waals surface area contributed by atoms with Crippen LogP contribution in [0.1, 0.15) is 77.0 Å². The van der Waals surface area contributed by atoms with Gasteiger partial charge in [-0.05, 0) is 73.4 Å². The smallest absolute Gasteiger partial charge is 0.264 e. The maximum absolute atomic E-state index is 12.1. The Balaban J connectivity index is 2.20. The van der Waals surface area contributed by atoms with Gasteiger partial charge in [0.2, 0.25) is 7.28 Å². The van der Waals surface area contributed by atoms with Crippen molar-refractivity contribution in [3.8, 4) is 6.07 Å². The zero-order valence-corrected chi connectivity index (χ0v) is 24.5. The van der Waals surface area contributed by atoms with E-state index in [2.05, 4.69) is 45.2 Å². The molecule has 8 nitrogen and oxygen atoms in total. The molecule has 1 radical (unpaired) electrons. The summed E-state index contributed by atoms with van der Waals surface area (Å²) in [6.07, 6.45) is 8.24. The monoisotopic (exact) mass is 546 g/mol. The molecule has 40 heavy (non-hydrogen) atoms. The van der Waals surface area contributed by atoms with Crippen molar-refractivity contribution in [2.24, 2.45) is 5.41 Å². The first kappa shape index (κ1) is 31.2.